The third-order valence-corrected chi connectivity index (χ3v) is 2.20. The van der Waals surface area contributed by atoms with E-state index in [1.165, 1.54) is 7.11 Å². The molecule has 0 spiro atoms. The van der Waals surface area contributed by atoms with Crippen LogP contribution in [0.2, 0.25) is 0 Å². The maximum atomic E-state index is 11.8. The summed E-state index contributed by atoms with van der Waals surface area (Å²) in [5, 5.41) is 2.86. The lowest BCUT2D eigenvalue weighted by Gasteiger charge is -2.12. The maximum Gasteiger partial charge on any atom is 0.256 e. The molecule has 1 aromatic rings. The molecule has 0 aliphatic carbocycles. The molecule has 0 aromatic carbocycles. The number of hydrogen-bond donors (Lipinski definition) is 1. The lowest BCUT2D eigenvalue weighted by molar-refractivity contribution is 0.0935. The van der Waals surface area contributed by atoms with Crippen LogP contribution in [0.25, 0.3) is 0 Å². The smallest absolute Gasteiger partial charge is 0.256 e. The summed E-state index contributed by atoms with van der Waals surface area (Å²) in [6.07, 6.45) is 2.49. The Bertz CT molecular complexity index is 339. The van der Waals surface area contributed by atoms with Gasteiger partial charge >= 0.3 is 0 Å². The Labute approximate surface area is 89.7 Å². The molecule has 15 heavy (non-hydrogen) atoms. The van der Waals surface area contributed by atoms with E-state index in [1.807, 2.05) is 13.8 Å². The van der Waals surface area contributed by atoms with Crippen molar-refractivity contribution in [3.05, 3.63) is 23.9 Å². The van der Waals surface area contributed by atoms with Gasteiger partial charge < -0.3 is 10.1 Å². The molecule has 0 radical (unpaired) electrons. The van der Waals surface area contributed by atoms with Crippen LogP contribution < -0.4 is 10.1 Å². The minimum absolute atomic E-state index is 0.144. The van der Waals surface area contributed by atoms with Crippen molar-refractivity contribution in [1.82, 2.24) is 10.3 Å². The molecule has 0 bridgehead atoms. The van der Waals surface area contributed by atoms with Gasteiger partial charge in [0, 0.05) is 12.2 Å². The molecule has 1 N–H and O–H groups in total. The summed E-state index contributed by atoms with van der Waals surface area (Å²) in [6, 6.07) is 3.57. The number of hydrogen-bond acceptors (Lipinski definition) is 3. The fraction of sp³-hybridized carbons (Fsp3) is 0.455. The van der Waals surface area contributed by atoms with Crippen LogP contribution in [0.3, 0.4) is 0 Å². The SMILES string of the molecule is CC[C@@H](C)NC(=O)c1cccnc1OC. The average molecular weight is 208 g/mol. The summed E-state index contributed by atoms with van der Waals surface area (Å²) < 4.78 is 5.01. The highest BCUT2D eigenvalue weighted by Gasteiger charge is 2.13. The van der Waals surface area contributed by atoms with Crippen LogP contribution in [0, 0.1) is 0 Å². The van der Waals surface area contributed by atoms with Gasteiger partial charge in [0.15, 0.2) is 0 Å². The molecule has 1 heterocycles. The Morgan fingerprint density at radius 1 is 1.67 bits per heavy atom. The zero-order chi connectivity index (χ0) is 11.3. The number of nitrogens with one attached hydrogen (secondary N) is 1. The third-order valence-electron chi connectivity index (χ3n) is 2.20. The molecule has 82 valence electrons. The summed E-state index contributed by atoms with van der Waals surface area (Å²) in [5.74, 6) is 0.215. The number of carbonyl (C=O) groups is 1. The van der Waals surface area contributed by atoms with Crippen molar-refractivity contribution in [1.29, 1.82) is 0 Å². The summed E-state index contributed by atoms with van der Waals surface area (Å²) in [4.78, 5) is 15.7. The number of rotatable bonds is 4. The van der Waals surface area contributed by atoms with Crippen LogP contribution >= 0.6 is 0 Å². The molecule has 4 heteroatoms. The first-order valence-corrected chi connectivity index (χ1v) is 4.99. The van der Waals surface area contributed by atoms with Crippen molar-refractivity contribution in [2.75, 3.05) is 7.11 Å². The standard InChI is InChI=1S/C11H16N2O2/c1-4-8(2)13-10(14)9-6-5-7-12-11(9)15-3/h5-8H,4H2,1-3H3,(H,13,14)/t8-/m1/s1. The molecule has 4 nitrogen and oxygen atoms in total. The summed E-state index contributed by atoms with van der Waals surface area (Å²) in [5.41, 5.74) is 0.473. The van der Waals surface area contributed by atoms with Crippen LogP contribution in [0.1, 0.15) is 30.6 Å². The first-order valence-electron chi connectivity index (χ1n) is 4.99. The number of nitrogens with zero attached hydrogens (tertiary/aromatic N) is 1. The second kappa shape index (κ2) is 5.34. The Kier molecular flexibility index (Phi) is 4.09. The van der Waals surface area contributed by atoms with Gasteiger partial charge in [-0.15, -0.1) is 0 Å². The van der Waals surface area contributed by atoms with E-state index in [1.54, 1.807) is 18.3 Å². The molecule has 0 saturated carbocycles. The molecule has 0 fully saturated rings. The third kappa shape index (κ3) is 2.94. The molecule has 0 unspecified atom stereocenters. The zero-order valence-corrected chi connectivity index (χ0v) is 9.28. The molecule has 1 atom stereocenters. The predicted octanol–water partition coefficient (Wildman–Crippen LogP) is 1.62. The minimum atomic E-state index is -0.144. The average Bonchev–Trinajstić information content (AvgIpc) is 2.28. The van der Waals surface area contributed by atoms with Gasteiger partial charge in [-0.25, -0.2) is 4.98 Å². The lowest BCUT2D eigenvalue weighted by atomic mass is 10.2. The fourth-order valence-corrected chi connectivity index (χ4v) is 1.13. The molecule has 0 aliphatic rings. The van der Waals surface area contributed by atoms with Gasteiger partial charge in [-0.05, 0) is 25.5 Å². The van der Waals surface area contributed by atoms with Crippen LogP contribution in [0.5, 0.6) is 5.88 Å². The number of ether oxygens (including phenoxy) is 1. The first kappa shape index (κ1) is 11.5. The van der Waals surface area contributed by atoms with Crippen LogP contribution in [0.4, 0.5) is 0 Å². The van der Waals surface area contributed by atoms with Gasteiger partial charge in [0.2, 0.25) is 5.88 Å². The number of amides is 1. The monoisotopic (exact) mass is 208 g/mol. The van der Waals surface area contributed by atoms with Crippen molar-refractivity contribution in [3.63, 3.8) is 0 Å². The van der Waals surface area contributed by atoms with E-state index < -0.39 is 0 Å². The van der Waals surface area contributed by atoms with E-state index in [2.05, 4.69) is 10.3 Å². The van der Waals surface area contributed by atoms with Crippen LogP contribution in [-0.2, 0) is 0 Å². The number of methoxy groups -OCH3 is 1. The van der Waals surface area contributed by atoms with Crippen molar-refractivity contribution < 1.29 is 9.53 Å². The van der Waals surface area contributed by atoms with Gasteiger partial charge in [-0.2, -0.15) is 0 Å². The normalized spacial score (nSPS) is 11.9. The molecule has 0 saturated heterocycles. The lowest BCUT2D eigenvalue weighted by Crippen LogP contribution is -2.32. The van der Waals surface area contributed by atoms with E-state index >= 15 is 0 Å². The van der Waals surface area contributed by atoms with Crippen molar-refractivity contribution in [2.24, 2.45) is 0 Å². The van der Waals surface area contributed by atoms with E-state index in [0.717, 1.165) is 6.42 Å². The minimum Gasteiger partial charge on any atom is -0.480 e. The van der Waals surface area contributed by atoms with Gasteiger partial charge in [-0.1, -0.05) is 6.92 Å². The Morgan fingerprint density at radius 3 is 3.00 bits per heavy atom. The van der Waals surface area contributed by atoms with Gasteiger partial charge in [0.05, 0.1) is 7.11 Å². The van der Waals surface area contributed by atoms with Gasteiger partial charge in [0.25, 0.3) is 5.91 Å². The molecule has 1 amide bonds. The highest BCUT2D eigenvalue weighted by Crippen LogP contribution is 2.13. The highest BCUT2D eigenvalue weighted by molar-refractivity contribution is 5.96. The number of aromatic nitrogens is 1. The highest BCUT2D eigenvalue weighted by atomic mass is 16.5. The van der Waals surface area contributed by atoms with Crippen molar-refractivity contribution in [2.45, 2.75) is 26.3 Å². The van der Waals surface area contributed by atoms with Crippen LogP contribution in [0.15, 0.2) is 18.3 Å². The van der Waals surface area contributed by atoms with E-state index in [0.29, 0.717) is 11.4 Å². The number of carbonyl (C=O) groups excluding carboxylic acids is 1. The van der Waals surface area contributed by atoms with Crippen molar-refractivity contribution >= 4 is 5.91 Å². The van der Waals surface area contributed by atoms with E-state index in [-0.39, 0.29) is 11.9 Å². The second-order valence-electron chi connectivity index (χ2n) is 3.34. The summed E-state index contributed by atoms with van der Waals surface area (Å²) >= 11 is 0. The topological polar surface area (TPSA) is 51.2 Å². The van der Waals surface area contributed by atoms with Gasteiger partial charge in [-0.3, -0.25) is 4.79 Å². The van der Waals surface area contributed by atoms with Crippen molar-refractivity contribution in [3.8, 4) is 5.88 Å². The Morgan fingerprint density at radius 2 is 2.40 bits per heavy atom. The molecular weight excluding hydrogens is 192 g/mol. The van der Waals surface area contributed by atoms with Gasteiger partial charge in [0.1, 0.15) is 5.56 Å². The second-order valence-corrected chi connectivity index (χ2v) is 3.34. The zero-order valence-electron chi connectivity index (χ0n) is 9.28. The number of pyridine rings is 1. The Hall–Kier alpha value is -1.58. The fourth-order valence-electron chi connectivity index (χ4n) is 1.13. The molecule has 1 aromatic heterocycles. The van der Waals surface area contributed by atoms with E-state index in [4.69, 9.17) is 4.74 Å². The summed E-state index contributed by atoms with van der Waals surface area (Å²) in [6.45, 7) is 3.98. The largest absolute Gasteiger partial charge is 0.480 e. The predicted molar refractivity (Wildman–Crippen MR) is 58.0 cm³/mol. The van der Waals surface area contributed by atoms with Crippen LogP contribution in [-0.4, -0.2) is 24.0 Å². The van der Waals surface area contributed by atoms with E-state index in [9.17, 15) is 4.79 Å². The summed E-state index contributed by atoms with van der Waals surface area (Å²) in [7, 11) is 1.50. The molecule has 1 rings (SSSR count). The first-order chi connectivity index (χ1) is 7.19. The molecular formula is C11H16N2O2. The maximum absolute atomic E-state index is 11.8. The quantitative estimate of drug-likeness (QED) is 0.818. The Balaban J connectivity index is 2.81. The molecule has 0 aliphatic heterocycles.